The second-order valence-electron chi connectivity index (χ2n) is 6.66. The molecule has 0 heterocycles. The predicted molar refractivity (Wildman–Crippen MR) is 105 cm³/mol. The third kappa shape index (κ3) is 5.09. The number of rotatable bonds is 6. The minimum atomic E-state index is -3.46. The van der Waals surface area contributed by atoms with Crippen LogP contribution >= 0.6 is 11.8 Å². The van der Waals surface area contributed by atoms with Crippen molar-refractivity contribution < 1.29 is 8.42 Å². The van der Waals surface area contributed by atoms with Crippen LogP contribution in [0.15, 0.2) is 59.5 Å². The molecular formula is C20H25NO2S2. The molecular weight excluding hydrogens is 350 g/mol. The lowest BCUT2D eigenvalue weighted by Crippen LogP contribution is -2.43. The molecule has 0 saturated heterocycles. The second kappa shape index (κ2) is 8.39. The first-order chi connectivity index (χ1) is 12.0. The van der Waals surface area contributed by atoms with Crippen LogP contribution in [0.25, 0.3) is 0 Å². The van der Waals surface area contributed by atoms with E-state index in [9.17, 15) is 8.42 Å². The van der Waals surface area contributed by atoms with Gasteiger partial charge in [0.05, 0.1) is 4.90 Å². The first-order valence-electron chi connectivity index (χ1n) is 8.79. The van der Waals surface area contributed by atoms with Gasteiger partial charge in [0.1, 0.15) is 0 Å². The number of hydrogen-bond donors (Lipinski definition) is 1. The molecule has 0 amide bonds. The van der Waals surface area contributed by atoms with Gasteiger partial charge in [-0.3, -0.25) is 0 Å². The average molecular weight is 376 g/mol. The van der Waals surface area contributed by atoms with Crippen molar-refractivity contribution in [2.45, 2.75) is 54.5 Å². The SMILES string of the molecule is Cc1ccc(S(=O)(=O)N[C@@H]2CCCC[C@H]2SCc2ccccc2)cc1. The molecule has 3 nitrogen and oxygen atoms in total. The smallest absolute Gasteiger partial charge is 0.207 e. The molecule has 1 aliphatic carbocycles. The number of nitrogens with one attached hydrogen (secondary N) is 1. The van der Waals surface area contributed by atoms with Crippen molar-refractivity contribution >= 4 is 21.8 Å². The maximum Gasteiger partial charge on any atom is 0.240 e. The highest BCUT2D eigenvalue weighted by atomic mass is 32.2. The van der Waals surface area contributed by atoms with Gasteiger partial charge >= 0.3 is 0 Å². The summed E-state index contributed by atoms with van der Waals surface area (Å²) in [6, 6.07) is 17.4. The first-order valence-corrected chi connectivity index (χ1v) is 11.3. The van der Waals surface area contributed by atoms with E-state index >= 15 is 0 Å². The molecule has 5 heteroatoms. The zero-order valence-electron chi connectivity index (χ0n) is 14.5. The summed E-state index contributed by atoms with van der Waals surface area (Å²) < 4.78 is 28.4. The largest absolute Gasteiger partial charge is 0.240 e. The summed E-state index contributed by atoms with van der Waals surface area (Å²) >= 11 is 1.87. The van der Waals surface area contributed by atoms with Gasteiger partial charge in [0.15, 0.2) is 0 Å². The molecule has 1 N–H and O–H groups in total. The highest BCUT2D eigenvalue weighted by Crippen LogP contribution is 2.32. The molecule has 0 aliphatic heterocycles. The van der Waals surface area contributed by atoms with Crippen LogP contribution in [0.2, 0.25) is 0 Å². The number of sulfonamides is 1. The Morgan fingerprint density at radius 2 is 1.68 bits per heavy atom. The Morgan fingerprint density at radius 1 is 1.00 bits per heavy atom. The fourth-order valence-electron chi connectivity index (χ4n) is 3.19. The predicted octanol–water partition coefficient (Wildman–Crippen LogP) is 4.52. The lowest BCUT2D eigenvalue weighted by atomic mass is 9.96. The normalized spacial score (nSPS) is 21.2. The van der Waals surface area contributed by atoms with Gasteiger partial charge in [-0.05, 0) is 37.5 Å². The number of hydrogen-bond acceptors (Lipinski definition) is 3. The molecule has 2 atom stereocenters. The van der Waals surface area contributed by atoms with E-state index in [2.05, 4.69) is 16.9 Å². The van der Waals surface area contributed by atoms with E-state index in [4.69, 9.17) is 0 Å². The van der Waals surface area contributed by atoms with Crippen LogP contribution in [0.3, 0.4) is 0 Å². The van der Waals surface area contributed by atoms with Gasteiger partial charge < -0.3 is 0 Å². The van der Waals surface area contributed by atoms with Crippen molar-refractivity contribution in [1.82, 2.24) is 4.72 Å². The van der Waals surface area contributed by atoms with Gasteiger partial charge in [-0.15, -0.1) is 0 Å². The Labute approximate surface area is 155 Å². The topological polar surface area (TPSA) is 46.2 Å². The molecule has 1 fully saturated rings. The lowest BCUT2D eigenvalue weighted by molar-refractivity contribution is 0.423. The Bertz CT molecular complexity index is 773. The van der Waals surface area contributed by atoms with Crippen LogP contribution in [-0.4, -0.2) is 19.7 Å². The zero-order chi connectivity index (χ0) is 17.7. The summed E-state index contributed by atoms with van der Waals surface area (Å²) in [7, 11) is -3.46. The van der Waals surface area contributed by atoms with E-state index < -0.39 is 10.0 Å². The molecule has 134 valence electrons. The van der Waals surface area contributed by atoms with Gasteiger partial charge in [0.2, 0.25) is 10.0 Å². The summed E-state index contributed by atoms with van der Waals surface area (Å²) in [5.74, 6) is 0.925. The summed E-state index contributed by atoms with van der Waals surface area (Å²) in [5, 5.41) is 0.328. The average Bonchev–Trinajstić information content (AvgIpc) is 2.62. The first kappa shape index (κ1) is 18.5. The Hall–Kier alpha value is -1.30. The second-order valence-corrected chi connectivity index (χ2v) is 9.60. The third-order valence-electron chi connectivity index (χ3n) is 4.65. The van der Waals surface area contributed by atoms with Gasteiger partial charge in [-0.1, -0.05) is 60.9 Å². The molecule has 0 spiro atoms. The van der Waals surface area contributed by atoms with E-state index in [0.29, 0.717) is 10.1 Å². The highest BCUT2D eigenvalue weighted by molar-refractivity contribution is 7.99. The molecule has 1 saturated carbocycles. The Balaban J connectivity index is 1.67. The van der Waals surface area contributed by atoms with Crippen LogP contribution in [0.1, 0.15) is 36.8 Å². The van der Waals surface area contributed by atoms with Crippen molar-refractivity contribution in [3.8, 4) is 0 Å². The maximum atomic E-state index is 12.7. The van der Waals surface area contributed by atoms with Gasteiger partial charge in [-0.25, -0.2) is 13.1 Å². The molecule has 0 aromatic heterocycles. The van der Waals surface area contributed by atoms with E-state index in [0.717, 1.165) is 30.6 Å². The van der Waals surface area contributed by atoms with E-state index in [1.165, 1.54) is 12.0 Å². The Morgan fingerprint density at radius 3 is 2.40 bits per heavy atom. The standard InChI is InChI=1S/C20H25NO2S2/c1-16-11-13-18(14-12-16)25(22,23)21-19-9-5-6-10-20(19)24-15-17-7-3-2-4-8-17/h2-4,7-8,11-14,19-21H,5-6,9-10,15H2,1H3/t19-,20-/m1/s1. The number of aryl methyl sites for hydroxylation is 1. The van der Waals surface area contributed by atoms with Crippen LogP contribution in [0.4, 0.5) is 0 Å². The summed E-state index contributed by atoms with van der Waals surface area (Å²) in [4.78, 5) is 0.357. The monoisotopic (exact) mass is 375 g/mol. The van der Waals surface area contributed by atoms with Crippen LogP contribution in [0, 0.1) is 6.92 Å². The minimum absolute atomic E-state index is 0.00812. The zero-order valence-corrected chi connectivity index (χ0v) is 16.2. The molecule has 0 unspecified atom stereocenters. The molecule has 0 radical (unpaired) electrons. The molecule has 1 aliphatic rings. The van der Waals surface area contributed by atoms with Crippen molar-refractivity contribution in [2.24, 2.45) is 0 Å². The van der Waals surface area contributed by atoms with Gasteiger partial charge in [0.25, 0.3) is 0 Å². The minimum Gasteiger partial charge on any atom is -0.207 e. The molecule has 25 heavy (non-hydrogen) atoms. The van der Waals surface area contributed by atoms with Crippen molar-refractivity contribution in [1.29, 1.82) is 0 Å². The number of benzene rings is 2. The van der Waals surface area contributed by atoms with Crippen molar-refractivity contribution in [3.05, 3.63) is 65.7 Å². The van der Waals surface area contributed by atoms with Crippen LogP contribution in [-0.2, 0) is 15.8 Å². The lowest BCUT2D eigenvalue weighted by Gasteiger charge is -2.31. The molecule has 2 aromatic rings. The van der Waals surface area contributed by atoms with E-state index in [-0.39, 0.29) is 6.04 Å². The van der Waals surface area contributed by atoms with E-state index in [1.807, 2.05) is 49.0 Å². The van der Waals surface area contributed by atoms with Crippen LogP contribution < -0.4 is 4.72 Å². The fourth-order valence-corrected chi connectivity index (χ4v) is 5.96. The third-order valence-corrected chi connectivity index (χ3v) is 7.65. The molecule has 3 rings (SSSR count). The van der Waals surface area contributed by atoms with Gasteiger partial charge in [-0.2, -0.15) is 11.8 Å². The van der Waals surface area contributed by atoms with Crippen LogP contribution in [0.5, 0.6) is 0 Å². The summed E-state index contributed by atoms with van der Waals surface area (Å²) in [5.41, 5.74) is 2.35. The quantitative estimate of drug-likeness (QED) is 0.807. The molecule has 2 aromatic carbocycles. The summed E-state index contributed by atoms with van der Waals surface area (Å²) in [6.07, 6.45) is 4.24. The summed E-state index contributed by atoms with van der Waals surface area (Å²) in [6.45, 7) is 1.96. The highest BCUT2D eigenvalue weighted by Gasteiger charge is 2.29. The number of thioether (sulfide) groups is 1. The molecule has 0 bridgehead atoms. The van der Waals surface area contributed by atoms with Gasteiger partial charge in [0, 0.05) is 17.0 Å². The Kier molecular flexibility index (Phi) is 6.20. The fraction of sp³-hybridized carbons (Fsp3) is 0.400. The maximum absolute atomic E-state index is 12.7. The van der Waals surface area contributed by atoms with Crippen molar-refractivity contribution in [2.75, 3.05) is 0 Å². The van der Waals surface area contributed by atoms with Crippen molar-refractivity contribution in [3.63, 3.8) is 0 Å². The van der Waals surface area contributed by atoms with E-state index in [1.54, 1.807) is 12.1 Å².